The lowest BCUT2D eigenvalue weighted by Crippen LogP contribution is -2.12. The zero-order chi connectivity index (χ0) is 20.2. The molecule has 0 saturated heterocycles. The second-order valence-corrected chi connectivity index (χ2v) is 5.74. The van der Waals surface area contributed by atoms with Gasteiger partial charge < -0.3 is 14.6 Å². The van der Waals surface area contributed by atoms with Crippen molar-refractivity contribution in [1.29, 1.82) is 0 Å². The summed E-state index contributed by atoms with van der Waals surface area (Å²) in [5, 5.41) is 8.90. The second kappa shape index (κ2) is 11.9. The van der Waals surface area contributed by atoms with Crippen molar-refractivity contribution in [2.24, 2.45) is 5.92 Å². The van der Waals surface area contributed by atoms with Crippen LogP contribution in [0.25, 0.3) is 0 Å². The van der Waals surface area contributed by atoms with E-state index in [2.05, 4.69) is 0 Å². The molecule has 4 nitrogen and oxygen atoms in total. The van der Waals surface area contributed by atoms with E-state index in [4.69, 9.17) is 14.6 Å². The molecule has 0 fully saturated rings. The maximum Gasteiger partial charge on any atom is 0.306 e. The Morgan fingerprint density at radius 1 is 0.963 bits per heavy atom. The third-order valence-corrected chi connectivity index (χ3v) is 3.55. The van der Waals surface area contributed by atoms with Crippen LogP contribution in [-0.2, 0) is 11.2 Å². The van der Waals surface area contributed by atoms with Crippen LogP contribution in [0.5, 0.6) is 11.5 Å². The molecule has 0 aliphatic heterocycles. The predicted molar refractivity (Wildman–Crippen MR) is 100 cm³/mol. The first kappa shape index (κ1) is 22.4. The lowest BCUT2D eigenvalue weighted by atomic mass is 10.0. The monoisotopic (exact) mass is 380 g/mol. The summed E-state index contributed by atoms with van der Waals surface area (Å²) in [4.78, 5) is 10.8. The Bertz CT molecular complexity index is 682. The molecule has 0 bridgehead atoms. The predicted octanol–water partition coefficient (Wildman–Crippen LogP) is 5.10. The Balaban J connectivity index is 0.00000176. The molecule has 0 aromatic heterocycles. The smallest absolute Gasteiger partial charge is 0.306 e. The van der Waals surface area contributed by atoms with Crippen molar-refractivity contribution in [2.75, 3.05) is 13.2 Å². The lowest BCUT2D eigenvalue weighted by Gasteiger charge is -2.10. The first-order valence-corrected chi connectivity index (χ1v) is 8.97. The van der Waals surface area contributed by atoms with Crippen LogP contribution in [0.4, 0.5) is 8.78 Å². The van der Waals surface area contributed by atoms with Gasteiger partial charge in [0, 0.05) is 24.6 Å². The fourth-order valence-electron chi connectivity index (χ4n) is 2.21. The number of ether oxygens (including phenoxy) is 2. The van der Waals surface area contributed by atoms with E-state index < -0.39 is 23.5 Å². The maximum atomic E-state index is 13.0. The van der Waals surface area contributed by atoms with E-state index in [1.54, 1.807) is 19.1 Å². The van der Waals surface area contributed by atoms with Crippen LogP contribution in [0.3, 0.4) is 0 Å². The van der Waals surface area contributed by atoms with Crippen LogP contribution >= 0.6 is 0 Å². The fourth-order valence-corrected chi connectivity index (χ4v) is 2.21. The van der Waals surface area contributed by atoms with Gasteiger partial charge >= 0.3 is 5.97 Å². The summed E-state index contributed by atoms with van der Waals surface area (Å²) in [6.07, 6.45) is 1.02. The Morgan fingerprint density at radius 3 is 2.00 bits per heavy atom. The first-order chi connectivity index (χ1) is 12.9. The van der Waals surface area contributed by atoms with E-state index >= 15 is 0 Å². The molecule has 6 heteroatoms. The molecule has 0 aliphatic carbocycles. The standard InChI is InChI=1S/C19H20F2O4.C2H6/c1-13(19(22)23)9-14-3-5-17(6-4-14)24-7-2-8-25-18-11-15(20)10-16(21)12-18;1-2/h3-6,10-13H,2,7-9H2,1H3,(H,22,23);1-2H3. The summed E-state index contributed by atoms with van der Waals surface area (Å²) in [7, 11) is 0. The largest absolute Gasteiger partial charge is 0.493 e. The van der Waals surface area contributed by atoms with Crippen molar-refractivity contribution in [3.8, 4) is 11.5 Å². The van der Waals surface area contributed by atoms with Crippen LogP contribution in [0, 0.1) is 17.6 Å². The fraction of sp³-hybridized carbons (Fsp3) is 0.381. The van der Waals surface area contributed by atoms with Crippen LogP contribution in [0.2, 0.25) is 0 Å². The molecule has 0 heterocycles. The number of carboxylic acid groups (broad SMARTS) is 1. The van der Waals surface area contributed by atoms with Gasteiger partial charge in [-0.05, 0) is 24.1 Å². The van der Waals surface area contributed by atoms with Crippen molar-refractivity contribution < 1.29 is 28.2 Å². The van der Waals surface area contributed by atoms with Gasteiger partial charge in [-0.25, -0.2) is 8.78 Å². The summed E-state index contributed by atoms with van der Waals surface area (Å²) in [6.45, 7) is 6.33. The van der Waals surface area contributed by atoms with E-state index in [1.165, 1.54) is 0 Å². The average Bonchev–Trinajstić information content (AvgIpc) is 2.63. The highest BCUT2D eigenvalue weighted by Crippen LogP contribution is 2.17. The van der Waals surface area contributed by atoms with E-state index in [0.717, 1.165) is 23.8 Å². The van der Waals surface area contributed by atoms with Crippen LogP contribution in [0.15, 0.2) is 42.5 Å². The Morgan fingerprint density at radius 2 is 1.48 bits per heavy atom. The normalized spacial score (nSPS) is 11.1. The Kier molecular flexibility index (Phi) is 9.86. The molecule has 1 atom stereocenters. The number of hydrogen-bond acceptors (Lipinski definition) is 3. The second-order valence-electron chi connectivity index (χ2n) is 5.74. The number of aliphatic carboxylic acids is 1. The van der Waals surface area contributed by atoms with Gasteiger partial charge in [0.15, 0.2) is 0 Å². The quantitative estimate of drug-likeness (QED) is 0.615. The first-order valence-electron chi connectivity index (χ1n) is 8.97. The molecule has 0 amide bonds. The summed E-state index contributed by atoms with van der Waals surface area (Å²) in [6, 6.07) is 10.3. The van der Waals surface area contributed by atoms with Crippen molar-refractivity contribution in [2.45, 2.75) is 33.6 Å². The topological polar surface area (TPSA) is 55.8 Å². The van der Waals surface area contributed by atoms with Gasteiger partial charge in [-0.15, -0.1) is 0 Å². The van der Waals surface area contributed by atoms with Gasteiger partial charge in [0.05, 0.1) is 19.1 Å². The van der Waals surface area contributed by atoms with Gasteiger partial charge in [-0.3, -0.25) is 4.79 Å². The van der Waals surface area contributed by atoms with Crippen molar-refractivity contribution in [3.05, 3.63) is 59.7 Å². The number of halogens is 2. The van der Waals surface area contributed by atoms with Gasteiger partial charge in [0.25, 0.3) is 0 Å². The molecule has 0 aliphatic rings. The van der Waals surface area contributed by atoms with Gasteiger partial charge in [-0.2, -0.15) is 0 Å². The zero-order valence-electron chi connectivity index (χ0n) is 15.9. The van der Waals surface area contributed by atoms with Crippen molar-refractivity contribution >= 4 is 5.97 Å². The molecule has 2 aromatic rings. The molecular weight excluding hydrogens is 354 g/mol. The van der Waals surface area contributed by atoms with Gasteiger partial charge in [-0.1, -0.05) is 32.9 Å². The molecular formula is C21H26F2O4. The molecule has 1 N–H and O–H groups in total. The summed E-state index contributed by atoms with van der Waals surface area (Å²) >= 11 is 0. The number of hydrogen-bond donors (Lipinski definition) is 1. The van der Waals surface area contributed by atoms with E-state index in [-0.39, 0.29) is 12.4 Å². The molecule has 1 unspecified atom stereocenters. The summed E-state index contributed by atoms with van der Waals surface area (Å²) < 4.78 is 36.8. The lowest BCUT2D eigenvalue weighted by molar-refractivity contribution is -0.141. The van der Waals surface area contributed by atoms with Crippen LogP contribution in [0.1, 0.15) is 32.8 Å². The highest BCUT2D eigenvalue weighted by Gasteiger charge is 2.11. The molecule has 27 heavy (non-hydrogen) atoms. The van der Waals surface area contributed by atoms with Crippen LogP contribution < -0.4 is 9.47 Å². The number of carbonyl (C=O) groups is 1. The number of rotatable bonds is 9. The van der Waals surface area contributed by atoms with Crippen molar-refractivity contribution in [1.82, 2.24) is 0 Å². The third kappa shape index (κ3) is 8.53. The minimum atomic E-state index is -0.821. The highest BCUT2D eigenvalue weighted by atomic mass is 19.1. The molecule has 2 rings (SSSR count). The Hall–Kier alpha value is -2.63. The SMILES string of the molecule is CC.CC(Cc1ccc(OCCCOc2cc(F)cc(F)c2)cc1)C(=O)O. The Labute approximate surface area is 158 Å². The summed E-state index contributed by atoms with van der Waals surface area (Å²) in [5.74, 6) is -1.79. The van der Waals surface area contributed by atoms with Gasteiger partial charge in [0.2, 0.25) is 0 Å². The molecule has 148 valence electrons. The number of benzene rings is 2. The minimum Gasteiger partial charge on any atom is -0.493 e. The van der Waals surface area contributed by atoms with Gasteiger partial charge in [0.1, 0.15) is 23.1 Å². The summed E-state index contributed by atoms with van der Waals surface area (Å²) in [5.41, 5.74) is 0.929. The average molecular weight is 380 g/mol. The molecule has 0 radical (unpaired) electrons. The van der Waals surface area contributed by atoms with Crippen molar-refractivity contribution in [3.63, 3.8) is 0 Å². The molecule has 0 spiro atoms. The van der Waals surface area contributed by atoms with Crippen LogP contribution in [-0.4, -0.2) is 24.3 Å². The maximum absolute atomic E-state index is 13.0. The van der Waals surface area contributed by atoms with E-state index in [0.29, 0.717) is 25.2 Å². The zero-order valence-corrected chi connectivity index (χ0v) is 15.9. The molecule has 2 aromatic carbocycles. The highest BCUT2D eigenvalue weighted by molar-refractivity contribution is 5.69. The third-order valence-electron chi connectivity index (χ3n) is 3.55. The number of carboxylic acids is 1. The van der Waals surface area contributed by atoms with E-state index in [1.807, 2.05) is 26.0 Å². The molecule has 0 saturated carbocycles. The minimum absolute atomic E-state index is 0.148. The van der Waals surface area contributed by atoms with E-state index in [9.17, 15) is 13.6 Å².